The smallest absolute Gasteiger partial charge is 0.352 e. The van der Waals surface area contributed by atoms with Crippen molar-refractivity contribution in [2.75, 3.05) is 13.2 Å². The highest BCUT2D eigenvalue weighted by Gasteiger charge is 2.26. The van der Waals surface area contributed by atoms with Gasteiger partial charge in [0.2, 0.25) is 0 Å². The van der Waals surface area contributed by atoms with Crippen LogP contribution in [0, 0.1) is 5.92 Å². The van der Waals surface area contributed by atoms with Gasteiger partial charge in [-0.05, 0) is 19.4 Å². The Labute approximate surface area is 98.8 Å². The summed E-state index contributed by atoms with van der Waals surface area (Å²) < 4.78 is 7.04. The zero-order valence-electron chi connectivity index (χ0n) is 9.02. The molecular weight excluding hydrogens is 230 g/mol. The molecule has 0 aromatic carbocycles. The predicted octanol–water partition coefficient (Wildman–Crippen LogP) is 2.44. The molecule has 0 saturated carbocycles. The van der Waals surface area contributed by atoms with E-state index >= 15 is 0 Å². The van der Waals surface area contributed by atoms with E-state index in [2.05, 4.69) is 0 Å². The first kappa shape index (κ1) is 11.5. The SMILES string of the molecule is CC(C1CCOC1)n1cc(Cl)cc1C(=O)O. The zero-order chi connectivity index (χ0) is 11.7. The molecule has 4 nitrogen and oxygen atoms in total. The predicted molar refractivity (Wildman–Crippen MR) is 60.0 cm³/mol. The summed E-state index contributed by atoms with van der Waals surface area (Å²) in [5.41, 5.74) is 0.240. The minimum Gasteiger partial charge on any atom is -0.477 e. The van der Waals surface area contributed by atoms with Crippen molar-refractivity contribution in [3.05, 3.63) is 23.0 Å². The van der Waals surface area contributed by atoms with E-state index in [-0.39, 0.29) is 11.7 Å². The minimum atomic E-state index is -0.947. The standard InChI is InChI=1S/C11H14ClNO3/c1-7(8-2-3-16-6-8)13-5-9(12)4-10(13)11(14)15/h4-5,7-8H,2-3,6H2,1H3,(H,14,15). The lowest BCUT2D eigenvalue weighted by atomic mass is 10.0. The number of rotatable bonds is 3. The molecular formula is C11H14ClNO3. The topological polar surface area (TPSA) is 51.5 Å². The second-order valence-corrected chi connectivity index (χ2v) is 4.56. The van der Waals surface area contributed by atoms with Crippen LogP contribution in [0.5, 0.6) is 0 Å². The summed E-state index contributed by atoms with van der Waals surface area (Å²) in [6.07, 6.45) is 2.64. The van der Waals surface area contributed by atoms with Gasteiger partial charge >= 0.3 is 5.97 Å². The van der Waals surface area contributed by atoms with Crippen LogP contribution in [-0.2, 0) is 4.74 Å². The number of carboxylic acid groups (broad SMARTS) is 1. The van der Waals surface area contributed by atoms with Crippen molar-refractivity contribution < 1.29 is 14.6 Å². The Morgan fingerprint density at radius 1 is 1.75 bits per heavy atom. The lowest BCUT2D eigenvalue weighted by Crippen LogP contribution is -2.19. The van der Waals surface area contributed by atoms with Crippen molar-refractivity contribution in [1.29, 1.82) is 0 Å². The number of hydrogen-bond donors (Lipinski definition) is 1. The monoisotopic (exact) mass is 243 g/mol. The molecule has 1 aromatic rings. The van der Waals surface area contributed by atoms with Gasteiger partial charge in [-0.25, -0.2) is 4.79 Å². The van der Waals surface area contributed by atoms with Crippen molar-refractivity contribution in [2.24, 2.45) is 5.92 Å². The van der Waals surface area contributed by atoms with Gasteiger partial charge in [0.1, 0.15) is 5.69 Å². The fourth-order valence-electron chi connectivity index (χ4n) is 2.11. The number of nitrogens with zero attached hydrogens (tertiary/aromatic N) is 1. The van der Waals surface area contributed by atoms with Gasteiger partial charge in [0, 0.05) is 24.8 Å². The Balaban J connectivity index is 2.27. The van der Waals surface area contributed by atoms with E-state index in [9.17, 15) is 4.79 Å². The maximum atomic E-state index is 11.0. The zero-order valence-corrected chi connectivity index (χ0v) is 9.78. The molecule has 1 aliphatic heterocycles. The summed E-state index contributed by atoms with van der Waals surface area (Å²) >= 11 is 5.84. The highest BCUT2D eigenvalue weighted by molar-refractivity contribution is 6.30. The van der Waals surface area contributed by atoms with E-state index in [1.165, 1.54) is 6.07 Å². The fourth-order valence-corrected chi connectivity index (χ4v) is 2.32. The van der Waals surface area contributed by atoms with Gasteiger partial charge < -0.3 is 14.4 Å². The molecule has 1 aliphatic rings. The van der Waals surface area contributed by atoms with Crippen LogP contribution in [-0.4, -0.2) is 28.9 Å². The first-order chi connectivity index (χ1) is 7.59. The summed E-state index contributed by atoms with van der Waals surface area (Å²) in [7, 11) is 0. The number of halogens is 1. The Kier molecular flexibility index (Phi) is 3.21. The molecule has 1 fully saturated rings. The average Bonchev–Trinajstić information content (AvgIpc) is 2.84. The summed E-state index contributed by atoms with van der Waals surface area (Å²) in [4.78, 5) is 11.0. The van der Waals surface area contributed by atoms with Crippen molar-refractivity contribution in [3.63, 3.8) is 0 Å². The minimum absolute atomic E-state index is 0.0982. The third-order valence-corrected chi connectivity index (χ3v) is 3.33. The van der Waals surface area contributed by atoms with Crippen LogP contribution in [0.1, 0.15) is 29.9 Å². The maximum Gasteiger partial charge on any atom is 0.352 e. The quantitative estimate of drug-likeness (QED) is 0.887. The highest BCUT2D eigenvalue weighted by Crippen LogP contribution is 2.29. The van der Waals surface area contributed by atoms with Gasteiger partial charge in [0.25, 0.3) is 0 Å². The van der Waals surface area contributed by atoms with Crippen LogP contribution in [0.2, 0.25) is 5.02 Å². The van der Waals surface area contributed by atoms with Crippen LogP contribution < -0.4 is 0 Å². The van der Waals surface area contributed by atoms with Gasteiger partial charge in [0.15, 0.2) is 0 Å². The number of aromatic nitrogens is 1. The molecule has 1 saturated heterocycles. The van der Waals surface area contributed by atoms with E-state index in [4.69, 9.17) is 21.4 Å². The van der Waals surface area contributed by atoms with Gasteiger partial charge in [-0.2, -0.15) is 0 Å². The second-order valence-electron chi connectivity index (χ2n) is 4.12. The molecule has 2 rings (SSSR count). The molecule has 88 valence electrons. The van der Waals surface area contributed by atoms with Gasteiger partial charge in [-0.1, -0.05) is 11.6 Å². The molecule has 0 spiro atoms. The molecule has 0 bridgehead atoms. The number of aromatic carboxylic acids is 1. The van der Waals surface area contributed by atoms with Crippen LogP contribution in [0.25, 0.3) is 0 Å². The number of carbonyl (C=O) groups is 1. The molecule has 0 radical (unpaired) electrons. The second kappa shape index (κ2) is 4.47. The summed E-state index contributed by atoms with van der Waals surface area (Å²) in [5.74, 6) is -0.584. The van der Waals surface area contributed by atoms with Gasteiger partial charge in [-0.3, -0.25) is 0 Å². The lowest BCUT2D eigenvalue weighted by Gasteiger charge is -2.21. The molecule has 1 aromatic heterocycles. The summed E-state index contributed by atoms with van der Waals surface area (Å²) in [6, 6.07) is 1.58. The summed E-state index contributed by atoms with van der Waals surface area (Å²) in [5, 5.41) is 9.52. The number of ether oxygens (including phenoxy) is 1. The largest absolute Gasteiger partial charge is 0.477 e. The normalized spacial score (nSPS) is 22.2. The van der Waals surface area contributed by atoms with Crippen molar-refractivity contribution in [3.8, 4) is 0 Å². The first-order valence-corrected chi connectivity index (χ1v) is 5.66. The third kappa shape index (κ3) is 2.08. The average molecular weight is 244 g/mol. The molecule has 16 heavy (non-hydrogen) atoms. The molecule has 2 atom stereocenters. The van der Waals surface area contributed by atoms with E-state index in [1.54, 1.807) is 10.8 Å². The first-order valence-electron chi connectivity index (χ1n) is 5.28. The lowest BCUT2D eigenvalue weighted by molar-refractivity contribution is 0.0680. The summed E-state index contributed by atoms with van der Waals surface area (Å²) in [6.45, 7) is 3.45. The van der Waals surface area contributed by atoms with E-state index in [0.717, 1.165) is 13.0 Å². The van der Waals surface area contributed by atoms with E-state index in [0.29, 0.717) is 17.5 Å². The molecule has 0 amide bonds. The maximum absolute atomic E-state index is 11.0. The van der Waals surface area contributed by atoms with Gasteiger partial charge in [0.05, 0.1) is 11.6 Å². The van der Waals surface area contributed by atoms with E-state index < -0.39 is 5.97 Å². The van der Waals surface area contributed by atoms with E-state index in [1.807, 2.05) is 6.92 Å². The Morgan fingerprint density at radius 3 is 3.06 bits per heavy atom. The fraction of sp³-hybridized carbons (Fsp3) is 0.545. The molecule has 5 heteroatoms. The van der Waals surface area contributed by atoms with Crippen molar-refractivity contribution in [2.45, 2.75) is 19.4 Å². The Morgan fingerprint density at radius 2 is 2.50 bits per heavy atom. The molecule has 2 heterocycles. The van der Waals surface area contributed by atoms with Crippen LogP contribution in [0.4, 0.5) is 0 Å². The number of hydrogen-bond acceptors (Lipinski definition) is 2. The third-order valence-electron chi connectivity index (χ3n) is 3.12. The van der Waals surface area contributed by atoms with Crippen LogP contribution in [0.15, 0.2) is 12.3 Å². The molecule has 2 unspecified atom stereocenters. The Bertz CT molecular complexity index is 396. The van der Waals surface area contributed by atoms with Crippen LogP contribution >= 0.6 is 11.6 Å². The molecule has 0 aliphatic carbocycles. The van der Waals surface area contributed by atoms with Crippen molar-refractivity contribution in [1.82, 2.24) is 4.57 Å². The Hall–Kier alpha value is -1.00. The number of carboxylic acids is 1. The van der Waals surface area contributed by atoms with Gasteiger partial charge in [-0.15, -0.1) is 0 Å². The van der Waals surface area contributed by atoms with Crippen molar-refractivity contribution >= 4 is 17.6 Å². The molecule has 1 N–H and O–H groups in total. The van der Waals surface area contributed by atoms with Crippen LogP contribution in [0.3, 0.4) is 0 Å². The highest BCUT2D eigenvalue weighted by atomic mass is 35.5.